The molecule has 0 saturated carbocycles. The highest BCUT2D eigenvalue weighted by atomic mass is 16.4. The Morgan fingerprint density at radius 3 is 1.92 bits per heavy atom. The zero-order valence-electron chi connectivity index (χ0n) is 6.74. The zero-order chi connectivity index (χ0) is 10.6. The van der Waals surface area contributed by atoms with Gasteiger partial charge in [-0.2, -0.15) is 0 Å². The van der Waals surface area contributed by atoms with E-state index in [1.54, 1.807) is 0 Å². The largest absolute Gasteiger partial charge is 0.394 e. The molecule has 78 valence electrons. The topological polar surface area (TPSA) is 144 Å². The Hall–Kier alpha value is -0.730. The molecule has 0 aromatic carbocycles. The first kappa shape index (κ1) is 12.3. The molecular weight excluding hydrogens is 182 g/mol. The molecule has 0 spiro atoms. The van der Waals surface area contributed by atoms with Gasteiger partial charge in [0.2, 0.25) is 5.91 Å². The first-order valence-corrected chi connectivity index (χ1v) is 3.54. The van der Waals surface area contributed by atoms with E-state index in [0.717, 1.165) is 0 Å². The fourth-order valence-electron chi connectivity index (χ4n) is 0.691. The monoisotopic (exact) mass is 195 g/mol. The van der Waals surface area contributed by atoms with E-state index in [1.807, 2.05) is 0 Å². The third-order valence-corrected chi connectivity index (χ3v) is 1.55. The van der Waals surface area contributed by atoms with Crippen molar-refractivity contribution in [2.75, 3.05) is 6.61 Å². The van der Waals surface area contributed by atoms with Crippen LogP contribution < -0.4 is 5.73 Å². The minimum Gasteiger partial charge on any atom is -0.394 e. The normalized spacial score (nSPS) is 20.4. The third kappa shape index (κ3) is 3.25. The van der Waals surface area contributed by atoms with Gasteiger partial charge in [-0.1, -0.05) is 0 Å². The standard InChI is InChI=1S/C6H13NO6/c7-6(13)5(12)4(11)3(10)2(9)1-8/h2-5,8-12H,1H2,(H2,7,13)/t2?,3?,4-,5-/m0/s1. The molecule has 1 amide bonds. The lowest BCUT2D eigenvalue weighted by Gasteiger charge is -2.23. The average Bonchev–Trinajstić information content (AvgIpc) is 2.12. The van der Waals surface area contributed by atoms with Crippen LogP contribution in [0, 0.1) is 0 Å². The van der Waals surface area contributed by atoms with Crippen molar-refractivity contribution in [3.05, 3.63) is 0 Å². The Balaban J connectivity index is 4.24. The molecule has 0 rings (SSSR count). The molecule has 0 aromatic rings. The van der Waals surface area contributed by atoms with E-state index in [0.29, 0.717) is 0 Å². The van der Waals surface area contributed by atoms with Gasteiger partial charge in [-0.05, 0) is 0 Å². The summed E-state index contributed by atoms with van der Waals surface area (Å²) in [5, 5.41) is 44.0. The van der Waals surface area contributed by atoms with Gasteiger partial charge in [-0.15, -0.1) is 0 Å². The smallest absolute Gasteiger partial charge is 0.249 e. The molecular formula is C6H13NO6. The second-order valence-corrected chi connectivity index (χ2v) is 2.58. The highest BCUT2D eigenvalue weighted by Gasteiger charge is 2.32. The molecule has 7 heteroatoms. The molecule has 13 heavy (non-hydrogen) atoms. The second kappa shape index (κ2) is 5.10. The molecule has 0 aliphatic heterocycles. The molecule has 0 aromatic heterocycles. The molecule has 0 aliphatic rings. The lowest BCUT2D eigenvalue weighted by Crippen LogP contribution is -2.50. The van der Waals surface area contributed by atoms with Crippen LogP contribution in [0.15, 0.2) is 0 Å². The molecule has 0 aliphatic carbocycles. The van der Waals surface area contributed by atoms with Gasteiger partial charge >= 0.3 is 0 Å². The van der Waals surface area contributed by atoms with Crippen molar-refractivity contribution >= 4 is 5.91 Å². The molecule has 0 fully saturated rings. The van der Waals surface area contributed by atoms with Crippen LogP contribution in [0.1, 0.15) is 0 Å². The number of hydrogen-bond donors (Lipinski definition) is 6. The summed E-state index contributed by atoms with van der Waals surface area (Å²) in [7, 11) is 0. The van der Waals surface area contributed by atoms with Crippen LogP contribution >= 0.6 is 0 Å². The summed E-state index contributed by atoms with van der Waals surface area (Å²) in [5.74, 6) is -1.23. The number of carbonyl (C=O) groups is 1. The van der Waals surface area contributed by atoms with Crippen molar-refractivity contribution in [2.24, 2.45) is 5.73 Å². The molecule has 4 atom stereocenters. The summed E-state index contributed by atoms with van der Waals surface area (Å²) in [6.07, 6.45) is -7.35. The lowest BCUT2D eigenvalue weighted by molar-refractivity contribution is -0.146. The van der Waals surface area contributed by atoms with Crippen LogP contribution in [0.5, 0.6) is 0 Å². The summed E-state index contributed by atoms with van der Waals surface area (Å²) < 4.78 is 0. The number of amides is 1. The summed E-state index contributed by atoms with van der Waals surface area (Å²) in [6.45, 7) is -0.802. The Kier molecular flexibility index (Phi) is 4.81. The maximum Gasteiger partial charge on any atom is 0.249 e. The van der Waals surface area contributed by atoms with E-state index in [2.05, 4.69) is 5.73 Å². The van der Waals surface area contributed by atoms with Crippen molar-refractivity contribution in [2.45, 2.75) is 24.4 Å². The van der Waals surface area contributed by atoms with Crippen molar-refractivity contribution in [1.29, 1.82) is 0 Å². The van der Waals surface area contributed by atoms with Gasteiger partial charge in [0.1, 0.15) is 18.3 Å². The predicted molar refractivity (Wildman–Crippen MR) is 40.3 cm³/mol. The maximum absolute atomic E-state index is 10.3. The quantitative estimate of drug-likeness (QED) is 0.263. The van der Waals surface area contributed by atoms with Crippen molar-refractivity contribution in [3.63, 3.8) is 0 Å². The Bertz CT molecular complexity index is 175. The lowest BCUT2D eigenvalue weighted by atomic mass is 10.0. The van der Waals surface area contributed by atoms with Crippen molar-refractivity contribution in [3.8, 4) is 0 Å². The van der Waals surface area contributed by atoms with Gasteiger partial charge in [0.05, 0.1) is 6.61 Å². The SMILES string of the molecule is NC(=O)[C@@H](O)[C@@H](O)C(O)C(O)CO. The fraction of sp³-hybridized carbons (Fsp3) is 0.833. The summed E-state index contributed by atoms with van der Waals surface area (Å²) >= 11 is 0. The Morgan fingerprint density at radius 1 is 1.15 bits per heavy atom. The highest BCUT2D eigenvalue weighted by molar-refractivity contribution is 5.79. The molecule has 0 radical (unpaired) electrons. The van der Waals surface area contributed by atoms with E-state index < -0.39 is 36.9 Å². The van der Waals surface area contributed by atoms with Gasteiger partial charge < -0.3 is 31.3 Å². The van der Waals surface area contributed by atoms with Crippen LogP contribution in [0.25, 0.3) is 0 Å². The van der Waals surface area contributed by atoms with Gasteiger partial charge in [0.15, 0.2) is 6.10 Å². The van der Waals surface area contributed by atoms with Crippen molar-refractivity contribution < 1.29 is 30.3 Å². The van der Waals surface area contributed by atoms with Gasteiger partial charge in [-0.3, -0.25) is 4.79 Å². The maximum atomic E-state index is 10.3. The molecule has 0 saturated heterocycles. The molecule has 2 unspecified atom stereocenters. The first-order valence-electron chi connectivity index (χ1n) is 3.54. The van der Waals surface area contributed by atoms with Crippen LogP contribution in [-0.2, 0) is 4.79 Å². The van der Waals surface area contributed by atoms with Gasteiger partial charge in [0.25, 0.3) is 0 Å². The Labute approximate surface area is 74.0 Å². The highest BCUT2D eigenvalue weighted by Crippen LogP contribution is 2.04. The summed E-state index contributed by atoms with van der Waals surface area (Å²) in [5.41, 5.74) is 4.61. The zero-order valence-corrected chi connectivity index (χ0v) is 6.74. The third-order valence-electron chi connectivity index (χ3n) is 1.55. The minimum absolute atomic E-state index is 0.802. The van der Waals surface area contributed by atoms with Crippen LogP contribution in [0.3, 0.4) is 0 Å². The van der Waals surface area contributed by atoms with Gasteiger partial charge in [-0.25, -0.2) is 0 Å². The number of hydrogen-bond acceptors (Lipinski definition) is 6. The molecule has 7 N–H and O–H groups in total. The van der Waals surface area contributed by atoms with Crippen molar-refractivity contribution in [1.82, 2.24) is 0 Å². The second-order valence-electron chi connectivity index (χ2n) is 2.58. The molecule has 0 heterocycles. The van der Waals surface area contributed by atoms with Crippen LogP contribution in [0.4, 0.5) is 0 Å². The Morgan fingerprint density at radius 2 is 1.62 bits per heavy atom. The summed E-state index contributed by atoms with van der Waals surface area (Å²) in [4.78, 5) is 10.3. The minimum atomic E-state index is -1.98. The van der Waals surface area contributed by atoms with Crippen LogP contribution in [-0.4, -0.2) is 62.5 Å². The number of primary amides is 1. The fourth-order valence-corrected chi connectivity index (χ4v) is 0.691. The number of rotatable bonds is 5. The van der Waals surface area contributed by atoms with E-state index in [-0.39, 0.29) is 0 Å². The number of carbonyl (C=O) groups excluding carboxylic acids is 1. The first-order chi connectivity index (χ1) is 5.91. The van der Waals surface area contributed by atoms with Gasteiger partial charge in [0, 0.05) is 0 Å². The van der Waals surface area contributed by atoms with E-state index >= 15 is 0 Å². The number of aliphatic hydroxyl groups is 5. The predicted octanol–water partition coefficient (Wildman–Crippen LogP) is -4.09. The summed E-state index contributed by atoms with van der Waals surface area (Å²) in [6, 6.07) is 0. The van der Waals surface area contributed by atoms with E-state index in [9.17, 15) is 4.79 Å². The number of aliphatic hydroxyl groups excluding tert-OH is 5. The number of nitrogens with two attached hydrogens (primary N) is 1. The van der Waals surface area contributed by atoms with E-state index in [4.69, 9.17) is 25.5 Å². The van der Waals surface area contributed by atoms with Crippen LogP contribution in [0.2, 0.25) is 0 Å². The molecule has 0 bridgehead atoms. The molecule has 7 nitrogen and oxygen atoms in total. The van der Waals surface area contributed by atoms with E-state index in [1.165, 1.54) is 0 Å². The average molecular weight is 195 g/mol.